The Labute approximate surface area is 165 Å². The number of benzene rings is 1. The van der Waals surface area contributed by atoms with Crippen molar-refractivity contribution in [3.05, 3.63) is 53.1 Å². The topological polar surface area (TPSA) is 35.7 Å². The van der Waals surface area contributed by atoms with E-state index in [9.17, 15) is 13.2 Å². The van der Waals surface area contributed by atoms with Crippen LogP contribution >= 0.6 is 0 Å². The van der Waals surface area contributed by atoms with E-state index in [2.05, 4.69) is 28.7 Å². The molecule has 0 saturated carbocycles. The van der Waals surface area contributed by atoms with Crippen molar-refractivity contribution < 1.29 is 13.2 Å². The highest BCUT2D eigenvalue weighted by Gasteiger charge is 2.32. The summed E-state index contributed by atoms with van der Waals surface area (Å²) in [7, 11) is 2.11. The Kier molecular flexibility index (Phi) is 5.93. The summed E-state index contributed by atoms with van der Waals surface area (Å²) < 4.78 is 41.4. The molecule has 3 rings (SSSR count). The van der Waals surface area contributed by atoms with Crippen molar-refractivity contribution in [3.8, 4) is 0 Å². The van der Waals surface area contributed by atoms with Gasteiger partial charge in [-0.05, 0) is 46.0 Å². The molecule has 1 fully saturated rings. The normalized spacial score (nSPS) is 24.6. The lowest BCUT2D eigenvalue weighted by Crippen LogP contribution is -2.53. The van der Waals surface area contributed by atoms with E-state index < -0.39 is 23.8 Å². The summed E-state index contributed by atoms with van der Waals surface area (Å²) in [6.07, 6.45) is 3.15. The summed E-state index contributed by atoms with van der Waals surface area (Å²) in [6, 6.07) is 2.45. The van der Waals surface area contributed by atoms with E-state index in [1.54, 1.807) is 0 Å². The van der Waals surface area contributed by atoms with Crippen LogP contribution in [0.4, 0.5) is 18.9 Å². The zero-order chi connectivity index (χ0) is 20.6. The number of rotatable bonds is 4. The molecule has 1 saturated heterocycles. The number of nitrogens with zero attached hydrogens (tertiary/aromatic N) is 3. The molecule has 2 aliphatic rings. The fraction of sp³-hybridized carbons (Fsp3) is 0.524. The zero-order valence-corrected chi connectivity index (χ0v) is 16.9. The molecule has 2 heterocycles. The van der Waals surface area contributed by atoms with E-state index in [1.165, 1.54) is 6.07 Å². The lowest BCUT2D eigenvalue weighted by molar-refractivity contribution is 0.0780. The quantitative estimate of drug-likeness (QED) is 0.779. The fourth-order valence-electron chi connectivity index (χ4n) is 4.07. The van der Waals surface area contributed by atoms with Gasteiger partial charge >= 0.3 is 0 Å². The van der Waals surface area contributed by atoms with Crippen molar-refractivity contribution in [2.24, 2.45) is 0 Å². The van der Waals surface area contributed by atoms with Crippen molar-refractivity contribution in [1.82, 2.24) is 14.7 Å². The second-order valence-electron chi connectivity index (χ2n) is 7.82. The minimum atomic E-state index is -2.90. The maximum absolute atomic E-state index is 14.9. The molecule has 0 amide bonds. The first kappa shape index (κ1) is 20.6. The van der Waals surface area contributed by atoms with Crippen molar-refractivity contribution in [2.45, 2.75) is 45.3 Å². The van der Waals surface area contributed by atoms with Crippen LogP contribution in [0.15, 0.2) is 36.2 Å². The number of halogens is 3. The molecular formula is C21H29F3N4. The molecule has 0 radical (unpaired) electrons. The first-order valence-corrected chi connectivity index (χ1v) is 9.69. The monoisotopic (exact) mass is 394 g/mol. The zero-order valence-electron chi connectivity index (χ0n) is 16.9. The Hall–Kier alpha value is -2.15. The van der Waals surface area contributed by atoms with Crippen LogP contribution in [-0.4, -0.2) is 53.5 Å². The predicted molar refractivity (Wildman–Crippen MR) is 106 cm³/mol. The second kappa shape index (κ2) is 8.07. The van der Waals surface area contributed by atoms with Gasteiger partial charge in [0, 0.05) is 43.0 Å². The highest BCUT2D eigenvalue weighted by molar-refractivity contribution is 5.47. The molecule has 4 nitrogen and oxygen atoms in total. The van der Waals surface area contributed by atoms with Gasteiger partial charge < -0.3 is 20.4 Å². The summed E-state index contributed by atoms with van der Waals surface area (Å²) in [5.41, 5.74) is 5.53. The third kappa shape index (κ3) is 3.85. The van der Waals surface area contributed by atoms with E-state index in [-0.39, 0.29) is 17.3 Å². The average molecular weight is 394 g/mol. The maximum atomic E-state index is 14.9. The van der Waals surface area contributed by atoms with Gasteiger partial charge in [-0.25, -0.2) is 13.2 Å². The highest BCUT2D eigenvalue weighted by atomic mass is 19.3. The molecule has 0 aliphatic carbocycles. The van der Waals surface area contributed by atoms with Gasteiger partial charge in [0.05, 0.1) is 11.6 Å². The SMILES string of the molecule is CC1C=CC=C(N2CCN(C)[C@H](C)C2)N1[C@H](C)c1cc(N)cc(C(F)F)c1F. The summed E-state index contributed by atoms with van der Waals surface area (Å²) in [6.45, 7) is 8.69. The molecule has 154 valence electrons. The highest BCUT2D eigenvalue weighted by Crippen LogP contribution is 2.36. The van der Waals surface area contributed by atoms with Crippen LogP contribution in [0.5, 0.6) is 0 Å². The Morgan fingerprint density at radius 2 is 1.82 bits per heavy atom. The van der Waals surface area contributed by atoms with Crippen LogP contribution in [0.2, 0.25) is 0 Å². The van der Waals surface area contributed by atoms with Crippen LogP contribution in [-0.2, 0) is 0 Å². The van der Waals surface area contributed by atoms with E-state index in [0.717, 1.165) is 31.5 Å². The minimum Gasteiger partial charge on any atom is -0.399 e. The molecule has 0 aromatic heterocycles. The molecule has 3 atom stereocenters. The minimum absolute atomic E-state index is 0.000734. The predicted octanol–water partition coefficient (Wildman–Crippen LogP) is 4.14. The van der Waals surface area contributed by atoms with Crippen molar-refractivity contribution in [1.29, 1.82) is 0 Å². The van der Waals surface area contributed by atoms with E-state index in [0.29, 0.717) is 6.04 Å². The van der Waals surface area contributed by atoms with Gasteiger partial charge in [-0.15, -0.1) is 0 Å². The number of anilines is 1. The molecule has 1 aromatic rings. The lowest BCUT2D eigenvalue weighted by atomic mass is 9.99. The molecule has 1 aromatic carbocycles. The molecular weight excluding hydrogens is 365 g/mol. The number of hydrogen-bond acceptors (Lipinski definition) is 4. The van der Waals surface area contributed by atoms with Crippen LogP contribution < -0.4 is 5.73 Å². The molecule has 0 spiro atoms. The van der Waals surface area contributed by atoms with Crippen molar-refractivity contribution in [2.75, 3.05) is 32.4 Å². The third-order valence-corrected chi connectivity index (χ3v) is 5.88. The Morgan fingerprint density at radius 3 is 2.46 bits per heavy atom. The van der Waals surface area contributed by atoms with Gasteiger partial charge in [-0.2, -0.15) is 0 Å². The standard InChI is InChI=1S/C21H29F3N4/c1-13-6-5-7-19(27-9-8-26(4)14(2)12-27)28(13)15(3)17-10-16(25)11-18(20(17)22)21(23)24/h5-7,10-11,13-15,21H,8-9,12,25H2,1-4H3/t13?,14-,15-/m1/s1. The Bertz CT molecular complexity index is 777. The van der Waals surface area contributed by atoms with Crippen molar-refractivity contribution >= 4 is 5.69 Å². The number of allylic oxidation sites excluding steroid dienone is 2. The molecule has 2 N–H and O–H groups in total. The number of hydrogen-bond donors (Lipinski definition) is 1. The third-order valence-electron chi connectivity index (χ3n) is 5.88. The first-order valence-electron chi connectivity index (χ1n) is 9.69. The van der Waals surface area contributed by atoms with Gasteiger partial charge in [-0.3, -0.25) is 0 Å². The molecule has 1 unspecified atom stereocenters. The van der Waals surface area contributed by atoms with Gasteiger partial charge in [-0.1, -0.05) is 12.2 Å². The number of nitrogen functional groups attached to an aromatic ring is 1. The Balaban J connectivity index is 1.96. The number of nitrogens with two attached hydrogens (primary N) is 1. The maximum Gasteiger partial charge on any atom is 0.266 e. The summed E-state index contributed by atoms with van der Waals surface area (Å²) >= 11 is 0. The van der Waals surface area contributed by atoms with Crippen LogP contribution in [0, 0.1) is 5.82 Å². The molecule has 7 heteroatoms. The lowest BCUT2D eigenvalue weighted by Gasteiger charge is -2.47. The number of piperazine rings is 1. The number of alkyl halides is 2. The molecule has 0 bridgehead atoms. The van der Waals surface area contributed by atoms with E-state index >= 15 is 0 Å². The average Bonchev–Trinajstić information content (AvgIpc) is 2.64. The molecule has 28 heavy (non-hydrogen) atoms. The van der Waals surface area contributed by atoms with Crippen LogP contribution in [0.25, 0.3) is 0 Å². The van der Waals surface area contributed by atoms with Gasteiger partial charge in [0.25, 0.3) is 6.43 Å². The van der Waals surface area contributed by atoms with Crippen molar-refractivity contribution in [3.63, 3.8) is 0 Å². The summed E-state index contributed by atoms with van der Waals surface area (Å²) in [4.78, 5) is 6.68. The van der Waals surface area contributed by atoms with Gasteiger partial charge in [0.15, 0.2) is 0 Å². The van der Waals surface area contributed by atoms with E-state index in [4.69, 9.17) is 5.73 Å². The van der Waals surface area contributed by atoms with Gasteiger partial charge in [0.2, 0.25) is 0 Å². The summed E-state index contributed by atoms with van der Waals surface area (Å²) in [5.74, 6) is 0.118. The fourth-order valence-corrected chi connectivity index (χ4v) is 4.07. The van der Waals surface area contributed by atoms with E-state index in [1.807, 2.05) is 32.1 Å². The summed E-state index contributed by atoms with van der Waals surface area (Å²) in [5, 5.41) is 0. The van der Waals surface area contributed by atoms with Crippen LogP contribution in [0.3, 0.4) is 0 Å². The van der Waals surface area contributed by atoms with Gasteiger partial charge in [0.1, 0.15) is 11.6 Å². The largest absolute Gasteiger partial charge is 0.399 e. The smallest absolute Gasteiger partial charge is 0.266 e. The Morgan fingerprint density at radius 1 is 1.14 bits per heavy atom. The number of likely N-dealkylation sites (N-methyl/N-ethyl adjacent to an activating group) is 1. The molecule has 2 aliphatic heterocycles. The second-order valence-corrected chi connectivity index (χ2v) is 7.82. The first-order chi connectivity index (χ1) is 13.2. The van der Waals surface area contributed by atoms with Crippen LogP contribution in [0.1, 0.15) is 44.4 Å².